The Hall–Kier alpha value is -3.98. The van der Waals surface area contributed by atoms with Crippen LogP contribution < -0.4 is 16.0 Å². The van der Waals surface area contributed by atoms with Crippen LogP contribution >= 0.6 is 11.3 Å². The van der Waals surface area contributed by atoms with Gasteiger partial charge in [-0.15, -0.1) is 11.3 Å². The lowest BCUT2D eigenvalue weighted by Gasteiger charge is -2.11. The van der Waals surface area contributed by atoms with Gasteiger partial charge in [-0.05, 0) is 74.2 Å². The summed E-state index contributed by atoms with van der Waals surface area (Å²) >= 11 is 1.45. The number of benzene rings is 2. The number of methoxy groups -OCH3 is 1. The lowest BCUT2D eigenvalue weighted by Crippen LogP contribution is -2.38. The number of rotatable bonds is 5. The molecule has 9 heteroatoms. The fourth-order valence-corrected chi connectivity index (χ4v) is 6.01. The van der Waals surface area contributed by atoms with Crippen LogP contribution in [-0.4, -0.2) is 25.8 Å². The molecule has 36 heavy (non-hydrogen) atoms. The molecule has 0 radical (unpaired) electrons. The van der Waals surface area contributed by atoms with E-state index < -0.39 is 17.1 Å². The van der Waals surface area contributed by atoms with Crippen molar-refractivity contribution in [2.45, 2.75) is 32.7 Å². The maximum atomic E-state index is 13.7. The number of aryl methyl sites for hydroxylation is 2. The monoisotopic (exact) mass is 502 g/mol. The van der Waals surface area contributed by atoms with Gasteiger partial charge in [-0.3, -0.25) is 9.36 Å². The van der Waals surface area contributed by atoms with E-state index in [-0.39, 0.29) is 6.04 Å². The molecule has 0 aliphatic heterocycles. The molecule has 182 valence electrons. The van der Waals surface area contributed by atoms with Crippen LogP contribution in [0.5, 0.6) is 5.75 Å². The van der Waals surface area contributed by atoms with Gasteiger partial charge in [0.1, 0.15) is 16.4 Å². The van der Waals surface area contributed by atoms with Gasteiger partial charge in [0.15, 0.2) is 0 Å². The Morgan fingerprint density at radius 2 is 1.83 bits per heavy atom. The predicted octanol–water partition coefficient (Wildman–Crippen LogP) is 5.17. The Labute approximate surface area is 209 Å². The second-order valence-corrected chi connectivity index (χ2v) is 10.0. The molecule has 0 N–H and O–H groups in total. The van der Waals surface area contributed by atoms with E-state index in [0.29, 0.717) is 21.7 Å². The Morgan fingerprint density at radius 1 is 1.08 bits per heavy atom. The number of hydrogen-bond acceptors (Lipinski definition) is 5. The summed E-state index contributed by atoms with van der Waals surface area (Å²) in [5.74, 6) is 0.248. The molecule has 0 amide bonds. The first kappa shape index (κ1) is 22.5. The van der Waals surface area contributed by atoms with Crippen LogP contribution in [0.3, 0.4) is 0 Å². The average Bonchev–Trinajstić information content (AvgIpc) is 3.51. The summed E-state index contributed by atoms with van der Waals surface area (Å²) in [5.41, 5.74) is 3.03. The second-order valence-electron chi connectivity index (χ2n) is 9.05. The molecule has 0 spiro atoms. The lowest BCUT2D eigenvalue weighted by molar-refractivity contribution is 0.413. The summed E-state index contributed by atoms with van der Waals surface area (Å²) < 4.78 is 24.0. The molecule has 0 saturated heterocycles. The van der Waals surface area contributed by atoms with Crippen molar-refractivity contribution in [2.75, 3.05) is 7.11 Å². The van der Waals surface area contributed by atoms with Gasteiger partial charge < -0.3 is 9.30 Å². The highest BCUT2D eigenvalue weighted by Crippen LogP contribution is 2.42. The Morgan fingerprint density at radius 3 is 2.47 bits per heavy atom. The first-order valence-corrected chi connectivity index (χ1v) is 12.4. The topological polar surface area (TPSA) is 71.0 Å². The van der Waals surface area contributed by atoms with Gasteiger partial charge in [0, 0.05) is 17.1 Å². The minimum absolute atomic E-state index is 0.0552. The number of nitrogens with zero attached hydrogens (tertiary/aromatic N) is 4. The molecule has 1 fully saturated rings. The summed E-state index contributed by atoms with van der Waals surface area (Å²) in [4.78, 5) is 33.1. The summed E-state index contributed by atoms with van der Waals surface area (Å²) in [6.45, 7) is 3.84. The predicted molar refractivity (Wildman–Crippen MR) is 138 cm³/mol. The second kappa shape index (κ2) is 8.30. The molecule has 7 nitrogen and oxygen atoms in total. The van der Waals surface area contributed by atoms with Gasteiger partial charge in [-0.25, -0.2) is 18.7 Å². The largest absolute Gasteiger partial charge is 0.495 e. The molecule has 0 unspecified atom stereocenters. The van der Waals surface area contributed by atoms with E-state index in [2.05, 4.69) is 4.98 Å². The van der Waals surface area contributed by atoms with Crippen molar-refractivity contribution < 1.29 is 9.13 Å². The van der Waals surface area contributed by atoms with Crippen molar-refractivity contribution in [2.24, 2.45) is 0 Å². The van der Waals surface area contributed by atoms with Crippen LogP contribution in [0.25, 0.3) is 32.0 Å². The molecule has 1 aliphatic rings. The third kappa shape index (κ3) is 3.50. The van der Waals surface area contributed by atoms with E-state index in [1.54, 1.807) is 18.0 Å². The van der Waals surface area contributed by atoms with Crippen LogP contribution in [-0.2, 0) is 0 Å². The van der Waals surface area contributed by atoms with Crippen LogP contribution in [0.15, 0.2) is 64.6 Å². The molecule has 0 bridgehead atoms. The summed E-state index contributed by atoms with van der Waals surface area (Å²) in [6.07, 6.45) is 5.43. The van der Waals surface area contributed by atoms with Gasteiger partial charge in [-0.2, -0.15) is 0 Å². The van der Waals surface area contributed by atoms with E-state index in [0.717, 1.165) is 44.8 Å². The molecule has 1 aliphatic carbocycles. The first-order chi connectivity index (χ1) is 17.4. The summed E-state index contributed by atoms with van der Waals surface area (Å²) in [5, 5.41) is 0.513. The van der Waals surface area contributed by atoms with E-state index in [4.69, 9.17) is 4.74 Å². The molecule has 3 aromatic heterocycles. The molecule has 6 rings (SSSR count). The number of thiophene rings is 1. The van der Waals surface area contributed by atoms with E-state index in [1.165, 1.54) is 35.6 Å². The SMILES string of the molecule is COc1cc(-c2sc3c(c2C)c(=O)n(-c2ccc(F)cc2)c(=O)n3C2CC2)ccc1-n1cnc(C)c1. The van der Waals surface area contributed by atoms with Crippen molar-refractivity contribution in [3.05, 3.63) is 92.9 Å². The van der Waals surface area contributed by atoms with Crippen LogP contribution in [0.1, 0.15) is 30.1 Å². The quantitative estimate of drug-likeness (QED) is 0.333. The number of fused-ring (bicyclic) bond motifs is 1. The zero-order chi connectivity index (χ0) is 25.1. The standard InChI is InChI=1S/C27H23FN4O3S/c1-15-13-30(14-29-15)21-11-4-17(12-22(21)35-3)24-16(2)23-25(33)31(19-7-5-18(28)6-8-19)27(34)32(20-9-10-20)26(23)36-24/h4-8,11-14,20H,9-10H2,1-3H3. The van der Waals surface area contributed by atoms with Crippen molar-refractivity contribution in [3.63, 3.8) is 0 Å². The van der Waals surface area contributed by atoms with Gasteiger partial charge in [0.05, 0.1) is 35.9 Å². The third-order valence-electron chi connectivity index (χ3n) is 6.59. The molecule has 0 atom stereocenters. The van der Waals surface area contributed by atoms with Crippen molar-refractivity contribution in [3.8, 4) is 27.6 Å². The summed E-state index contributed by atoms with van der Waals surface area (Å²) in [7, 11) is 1.62. The highest BCUT2D eigenvalue weighted by Gasteiger charge is 2.31. The third-order valence-corrected chi connectivity index (χ3v) is 7.93. The zero-order valence-electron chi connectivity index (χ0n) is 20.0. The maximum Gasteiger partial charge on any atom is 0.337 e. The number of imidazole rings is 1. The highest BCUT2D eigenvalue weighted by molar-refractivity contribution is 7.22. The molecule has 2 aromatic carbocycles. The number of aromatic nitrogens is 4. The summed E-state index contributed by atoms with van der Waals surface area (Å²) in [6, 6.07) is 11.4. The van der Waals surface area contributed by atoms with Crippen LogP contribution in [0.4, 0.5) is 4.39 Å². The van der Waals surface area contributed by atoms with Crippen LogP contribution in [0, 0.1) is 19.7 Å². The van der Waals surface area contributed by atoms with Gasteiger partial charge in [0.25, 0.3) is 5.56 Å². The van der Waals surface area contributed by atoms with E-state index >= 15 is 0 Å². The molecule has 1 saturated carbocycles. The maximum absolute atomic E-state index is 13.7. The smallest absolute Gasteiger partial charge is 0.337 e. The minimum atomic E-state index is -0.423. The van der Waals surface area contributed by atoms with Crippen molar-refractivity contribution in [1.82, 2.24) is 18.7 Å². The Bertz CT molecular complexity index is 1760. The number of hydrogen-bond donors (Lipinski definition) is 0. The molecule has 3 heterocycles. The number of halogens is 1. The van der Waals surface area contributed by atoms with E-state index in [1.807, 2.05) is 42.8 Å². The van der Waals surface area contributed by atoms with Crippen LogP contribution in [0.2, 0.25) is 0 Å². The normalized spacial score (nSPS) is 13.4. The first-order valence-electron chi connectivity index (χ1n) is 11.6. The average molecular weight is 503 g/mol. The fraction of sp³-hybridized carbons (Fsp3) is 0.222. The van der Waals surface area contributed by atoms with E-state index in [9.17, 15) is 14.0 Å². The van der Waals surface area contributed by atoms with Gasteiger partial charge >= 0.3 is 5.69 Å². The zero-order valence-corrected chi connectivity index (χ0v) is 20.8. The molecular formula is C27H23FN4O3S. The Balaban J connectivity index is 1.58. The van der Waals surface area contributed by atoms with Crippen molar-refractivity contribution in [1.29, 1.82) is 0 Å². The highest BCUT2D eigenvalue weighted by atomic mass is 32.1. The van der Waals surface area contributed by atoms with Crippen molar-refractivity contribution >= 4 is 21.6 Å². The Kier molecular flexibility index (Phi) is 5.19. The lowest BCUT2D eigenvalue weighted by atomic mass is 10.1. The minimum Gasteiger partial charge on any atom is -0.495 e. The van der Waals surface area contributed by atoms with Gasteiger partial charge in [0.2, 0.25) is 0 Å². The fourth-order valence-electron chi connectivity index (χ4n) is 4.65. The molecule has 5 aromatic rings. The molecular weight excluding hydrogens is 479 g/mol. The van der Waals surface area contributed by atoms with Gasteiger partial charge in [-0.1, -0.05) is 6.07 Å². The number of ether oxygens (including phenoxy) is 1.